The second-order valence-corrected chi connectivity index (χ2v) is 4.03. The van der Waals surface area contributed by atoms with Gasteiger partial charge in [-0.15, -0.1) is 0 Å². The highest BCUT2D eigenvalue weighted by Crippen LogP contribution is 2.39. The van der Waals surface area contributed by atoms with E-state index in [2.05, 4.69) is 5.32 Å². The molecule has 2 N–H and O–H groups in total. The van der Waals surface area contributed by atoms with Crippen LogP contribution in [-0.2, 0) is 9.59 Å². The van der Waals surface area contributed by atoms with Crippen molar-refractivity contribution < 1.29 is 19.1 Å². The standard InChI is InChI=1S/C11H13NO4/c1-6(9-3-2-4-16-9)12-10(13)7-5-8(7)11(14)15/h2-4,6-8H,5H2,1H3,(H,12,13)(H,14,15)/t6?,7-,8+/m1/s1. The Labute approximate surface area is 92.4 Å². The highest BCUT2D eigenvalue weighted by molar-refractivity contribution is 5.89. The van der Waals surface area contributed by atoms with E-state index in [1.165, 1.54) is 6.26 Å². The maximum absolute atomic E-state index is 11.6. The van der Waals surface area contributed by atoms with Crippen LogP contribution in [0.4, 0.5) is 0 Å². The number of carbonyl (C=O) groups excluding carboxylic acids is 1. The van der Waals surface area contributed by atoms with E-state index in [1.807, 2.05) is 0 Å². The lowest BCUT2D eigenvalue weighted by atomic mass is 10.2. The summed E-state index contributed by atoms with van der Waals surface area (Å²) in [6.45, 7) is 1.80. The highest BCUT2D eigenvalue weighted by atomic mass is 16.4. The molecule has 1 amide bonds. The van der Waals surface area contributed by atoms with Gasteiger partial charge in [0.1, 0.15) is 5.76 Å². The number of aliphatic carboxylic acids is 1. The Bertz CT molecular complexity index is 398. The number of carboxylic acids is 1. The Morgan fingerprint density at radius 3 is 2.81 bits per heavy atom. The second kappa shape index (κ2) is 4.00. The summed E-state index contributed by atoms with van der Waals surface area (Å²) in [5.74, 6) is -1.33. The first-order valence-corrected chi connectivity index (χ1v) is 5.16. The number of carbonyl (C=O) groups is 2. The molecule has 0 bridgehead atoms. The molecular weight excluding hydrogens is 210 g/mol. The fourth-order valence-electron chi connectivity index (χ4n) is 1.69. The lowest BCUT2D eigenvalue weighted by Crippen LogP contribution is -2.28. The lowest BCUT2D eigenvalue weighted by molar-refractivity contribution is -0.140. The van der Waals surface area contributed by atoms with Crippen molar-refractivity contribution in [2.24, 2.45) is 11.8 Å². The normalized spacial score (nSPS) is 24.8. The van der Waals surface area contributed by atoms with E-state index < -0.39 is 11.9 Å². The van der Waals surface area contributed by atoms with E-state index in [9.17, 15) is 9.59 Å². The fourth-order valence-corrected chi connectivity index (χ4v) is 1.69. The average Bonchev–Trinajstić information content (AvgIpc) is 2.85. The topological polar surface area (TPSA) is 79.5 Å². The Morgan fingerprint density at radius 2 is 2.31 bits per heavy atom. The van der Waals surface area contributed by atoms with Crippen molar-refractivity contribution >= 4 is 11.9 Å². The third kappa shape index (κ3) is 2.08. The van der Waals surface area contributed by atoms with E-state index >= 15 is 0 Å². The Morgan fingerprint density at radius 1 is 1.56 bits per heavy atom. The van der Waals surface area contributed by atoms with Crippen LogP contribution < -0.4 is 5.32 Å². The van der Waals surface area contributed by atoms with Crippen LogP contribution >= 0.6 is 0 Å². The second-order valence-electron chi connectivity index (χ2n) is 4.03. The Hall–Kier alpha value is -1.78. The minimum Gasteiger partial charge on any atom is -0.481 e. The van der Waals surface area contributed by atoms with Crippen LogP contribution in [0.15, 0.2) is 22.8 Å². The molecule has 1 aromatic heterocycles. The summed E-state index contributed by atoms with van der Waals surface area (Å²) in [6.07, 6.45) is 1.97. The molecule has 1 aliphatic carbocycles. The fraction of sp³-hybridized carbons (Fsp3) is 0.455. The van der Waals surface area contributed by atoms with Gasteiger partial charge >= 0.3 is 5.97 Å². The maximum Gasteiger partial charge on any atom is 0.307 e. The predicted molar refractivity (Wildman–Crippen MR) is 54.5 cm³/mol. The third-order valence-corrected chi connectivity index (χ3v) is 2.77. The molecule has 0 saturated heterocycles. The largest absolute Gasteiger partial charge is 0.481 e. The van der Waals surface area contributed by atoms with Crippen molar-refractivity contribution in [2.75, 3.05) is 0 Å². The summed E-state index contributed by atoms with van der Waals surface area (Å²) in [6, 6.07) is 3.29. The van der Waals surface area contributed by atoms with Gasteiger partial charge in [-0.1, -0.05) is 0 Å². The molecule has 1 unspecified atom stereocenters. The molecule has 1 saturated carbocycles. The summed E-state index contributed by atoms with van der Waals surface area (Å²) < 4.78 is 5.14. The molecule has 0 aromatic carbocycles. The summed E-state index contributed by atoms with van der Waals surface area (Å²) in [4.78, 5) is 22.2. The van der Waals surface area contributed by atoms with Crippen LogP contribution in [0.25, 0.3) is 0 Å². The molecule has 0 spiro atoms. The molecule has 1 fully saturated rings. The molecule has 0 radical (unpaired) electrons. The van der Waals surface area contributed by atoms with Crippen molar-refractivity contribution in [1.29, 1.82) is 0 Å². The van der Waals surface area contributed by atoms with Crippen molar-refractivity contribution in [2.45, 2.75) is 19.4 Å². The molecule has 5 heteroatoms. The number of hydrogen-bond acceptors (Lipinski definition) is 3. The molecule has 2 rings (SSSR count). The summed E-state index contributed by atoms with van der Waals surface area (Å²) in [5.41, 5.74) is 0. The zero-order valence-corrected chi connectivity index (χ0v) is 8.84. The first kappa shape index (κ1) is 10.7. The van der Waals surface area contributed by atoms with E-state index in [4.69, 9.17) is 9.52 Å². The summed E-state index contributed by atoms with van der Waals surface area (Å²) in [7, 11) is 0. The van der Waals surface area contributed by atoms with E-state index in [0.717, 1.165) is 0 Å². The third-order valence-electron chi connectivity index (χ3n) is 2.77. The first-order chi connectivity index (χ1) is 7.59. The summed E-state index contributed by atoms with van der Waals surface area (Å²) >= 11 is 0. The van der Waals surface area contributed by atoms with Crippen molar-refractivity contribution in [3.8, 4) is 0 Å². The Kier molecular flexibility index (Phi) is 2.68. The van der Waals surface area contributed by atoms with Crippen molar-refractivity contribution in [3.05, 3.63) is 24.2 Å². The number of nitrogens with one attached hydrogen (secondary N) is 1. The summed E-state index contributed by atoms with van der Waals surface area (Å²) in [5, 5.41) is 11.4. The number of carboxylic acid groups (broad SMARTS) is 1. The van der Waals surface area contributed by atoms with Gasteiger partial charge in [0.15, 0.2) is 0 Å². The van der Waals surface area contributed by atoms with Crippen molar-refractivity contribution in [3.63, 3.8) is 0 Å². The van der Waals surface area contributed by atoms with Gasteiger partial charge in [0.25, 0.3) is 0 Å². The number of hydrogen-bond donors (Lipinski definition) is 2. The molecule has 1 aromatic rings. The monoisotopic (exact) mass is 223 g/mol. The molecule has 16 heavy (non-hydrogen) atoms. The van der Waals surface area contributed by atoms with Gasteiger partial charge in [0.2, 0.25) is 5.91 Å². The van der Waals surface area contributed by atoms with E-state index in [1.54, 1.807) is 19.1 Å². The molecule has 1 heterocycles. The van der Waals surface area contributed by atoms with Gasteiger partial charge < -0.3 is 14.8 Å². The van der Waals surface area contributed by atoms with Gasteiger partial charge in [-0.3, -0.25) is 9.59 Å². The smallest absolute Gasteiger partial charge is 0.307 e. The van der Waals surface area contributed by atoms with Gasteiger partial charge in [0.05, 0.1) is 24.1 Å². The minimum atomic E-state index is -0.897. The number of amides is 1. The van der Waals surface area contributed by atoms with Gasteiger partial charge in [-0.05, 0) is 25.5 Å². The van der Waals surface area contributed by atoms with Gasteiger partial charge in [-0.25, -0.2) is 0 Å². The van der Waals surface area contributed by atoms with Crippen molar-refractivity contribution in [1.82, 2.24) is 5.32 Å². The van der Waals surface area contributed by atoms with E-state index in [-0.39, 0.29) is 17.9 Å². The quantitative estimate of drug-likeness (QED) is 0.803. The molecule has 3 atom stereocenters. The molecule has 0 aliphatic heterocycles. The van der Waals surface area contributed by atoms with Gasteiger partial charge in [-0.2, -0.15) is 0 Å². The number of furan rings is 1. The van der Waals surface area contributed by atoms with Crippen LogP contribution in [-0.4, -0.2) is 17.0 Å². The molecular formula is C11H13NO4. The first-order valence-electron chi connectivity index (χ1n) is 5.16. The van der Waals surface area contributed by atoms with Crippen LogP contribution in [0.5, 0.6) is 0 Å². The predicted octanol–water partition coefficient (Wildman–Crippen LogP) is 1.18. The van der Waals surface area contributed by atoms with Gasteiger partial charge in [0, 0.05) is 0 Å². The molecule has 1 aliphatic rings. The Balaban J connectivity index is 1.87. The molecule has 86 valence electrons. The zero-order chi connectivity index (χ0) is 11.7. The lowest BCUT2D eigenvalue weighted by Gasteiger charge is -2.10. The van der Waals surface area contributed by atoms with Crippen LogP contribution in [0, 0.1) is 11.8 Å². The van der Waals surface area contributed by atoms with Crippen LogP contribution in [0.1, 0.15) is 25.1 Å². The number of rotatable bonds is 4. The van der Waals surface area contributed by atoms with Crippen LogP contribution in [0.2, 0.25) is 0 Å². The molecule has 5 nitrogen and oxygen atoms in total. The minimum absolute atomic E-state index is 0.212. The van der Waals surface area contributed by atoms with Crippen LogP contribution in [0.3, 0.4) is 0 Å². The van der Waals surface area contributed by atoms with E-state index in [0.29, 0.717) is 12.2 Å². The maximum atomic E-state index is 11.6. The average molecular weight is 223 g/mol. The zero-order valence-electron chi connectivity index (χ0n) is 8.84. The highest BCUT2D eigenvalue weighted by Gasteiger charge is 2.48. The SMILES string of the molecule is CC(NC(=O)[C@@H]1C[C@@H]1C(=O)O)c1ccco1.